The standard InChI is InChI=1S/C19H25N3O4/c1-21(12-14-5-6-15-16(11-14)26-10-9-25-15)13-22-17(23)19(20-18(22)24)7-3-2-4-8-19/h5-6,11H,2-4,7-10,12-13H2,1H3,(H,20,24)/p+1. The lowest BCUT2D eigenvalue weighted by Gasteiger charge is -2.30. The molecule has 1 atom stereocenters. The molecule has 1 saturated heterocycles. The van der Waals surface area contributed by atoms with Crippen molar-refractivity contribution in [3.8, 4) is 11.5 Å². The van der Waals surface area contributed by atoms with Crippen molar-refractivity contribution in [3.63, 3.8) is 0 Å². The molecule has 1 spiro atoms. The molecule has 1 saturated carbocycles. The Morgan fingerprint density at radius 3 is 2.62 bits per heavy atom. The van der Waals surface area contributed by atoms with E-state index in [0.29, 0.717) is 26.4 Å². The summed E-state index contributed by atoms with van der Waals surface area (Å²) in [6, 6.07) is 5.65. The first-order valence-electron chi connectivity index (χ1n) is 9.41. The van der Waals surface area contributed by atoms with Crippen LogP contribution in [0.25, 0.3) is 0 Å². The Hall–Kier alpha value is -2.28. The molecule has 1 unspecified atom stereocenters. The van der Waals surface area contributed by atoms with Gasteiger partial charge in [0.15, 0.2) is 18.2 Å². The summed E-state index contributed by atoms with van der Waals surface area (Å²) >= 11 is 0. The van der Waals surface area contributed by atoms with Gasteiger partial charge in [0.2, 0.25) is 0 Å². The molecular formula is C19H26N3O4+. The second-order valence-electron chi connectivity index (χ2n) is 7.58. The maximum atomic E-state index is 12.9. The van der Waals surface area contributed by atoms with Crippen molar-refractivity contribution < 1.29 is 24.0 Å². The molecule has 7 nitrogen and oxygen atoms in total. The predicted molar refractivity (Wildman–Crippen MR) is 94.1 cm³/mol. The SMILES string of the molecule is C[NH+](Cc1ccc2c(c1)OCCO2)CN1C(=O)NC2(CCCCC2)C1=O. The van der Waals surface area contributed by atoms with Crippen molar-refractivity contribution in [2.45, 2.75) is 44.2 Å². The van der Waals surface area contributed by atoms with Crippen molar-refractivity contribution in [1.29, 1.82) is 0 Å². The second kappa shape index (κ2) is 6.79. The number of fused-ring (bicyclic) bond motifs is 1. The van der Waals surface area contributed by atoms with Crippen molar-refractivity contribution in [1.82, 2.24) is 10.2 Å². The van der Waals surface area contributed by atoms with Gasteiger partial charge in [0.1, 0.15) is 25.3 Å². The van der Waals surface area contributed by atoms with E-state index in [1.54, 1.807) is 0 Å². The molecule has 2 aliphatic heterocycles. The summed E-state index contributed by atoms with van der Waals surface area (Å²) in [4.78, 5) is 27.7. The van der Waals surface area contributed by atoms with E-state index in [1.807, 2.05) is 25.2 Å². The molecular weight excluding hydrogens is 334 g/mol. The van der Waals surface area contributed by atoms with Gasteiger partial charge < -0.3 is 19.7 Å². The molecule has 2 heterocycles. The number of ether oxygens (including phenoxy) is 2. The molecule has 140 valence electrons. The monoisotopic (exact) mass is 360 g/mol. The molecule has 26 heavy (non-hydrogen) atoms. The van der Waals surface area contributed by atoms with E-state index in [-0.39, 0.29) is 11.9 Å². The van der Waals surface area contributed by atoms with E-state index in [4.69, 9.17) is 9.47 Å². The fraction of sp³-hybridized carbons (Fsp3) is 0.579. The van der Waals surface area contributed by atoms with Gasteiger partial charge in [-0.2, -0.15) is 0 Å². The van der Waals surface area contributed by atoms with E-state index < -0.39 is 5.54 Å². The quantitative estimate of drug-likeness (QED) is 0.775. The van der Waals surface area contributed by atoms with Crippen LogP contribution < -0.4 is 19.7 Å². The molecule has 2 N–H and O–H groups in total. The Labute approximate surface area is 153 Å². The molecule has 1 aromatic rings. The Morgan fingerprint density at radius 1 is 1.12 bits per heavy atom. The zero-order valence-corrected chi connectivity index (χ0v) is 15.2. The molecule has 0 radical (unpaired) electrons. The van der Waals surface area contributed by atoms with Crippen molar-refractivity contribution in [2.75, 3.05) is 26.9 Å². The first kappa shape index (κ1) is 17.1. The highest BCUT2D eigenvalue weighted by Gasteiger charge is 2.52. The summed E-state index contributed by atoms with van der Waals surface area (Å²) in [6.45, 7) is 2.19. The van der Waals surface area contributed by atoms with Crippen LogP contribution in [-0.2, 0) is 11.3 Å². The van der Waals surface area contributed by atoms with Gasteiger partial charge in [-0.25, -0.2) is 9.69 Å². The third kappa shape index (κ3) is 3.11. The molecule has 7 heteroatoms. The number of benzene rings is 1. The maximum Gasteiger partial charge on any atom is 0.329 e. The topological polar surface area (TPSA) is 72.3 Å². The summed E-state index contributed by atoms with van der Waals surface area (Å²) in [7, 11) is 1.99. The van der Waals surface area contributed by atoms with Crippen molar-refractivity contribution in [2.24, 2.45) is 0 Å². The molecule has 0 aromatic heterocycles. The number of nitrogens with zero attached hydrogens (tertiary/aromatic N) is 1. The van der Waals surface area contributed by atoms with Gasteiger partial charge in [-0.15, -0.1) is 0 Å². The highest BCUT2D eigenvalue weighted by atomic mass is 16.6. The van der Waals surface area contributed by atoms with Gasteiger partial charge in [-0.3, -0.25) is 4.79 Å². The Balaban J connectivity index is 1.41. The van der Waals surface area contributed by atoms with E-state index in [9.17, 15) is 9.59 Å². The van der Waals surface area contributed by atoms with Gasteiger partial charge in [0, 0.05) is 5.56 Å². The minimum absolute atomic E-state index is 0.0521. The first-order valence-corrected chi connectivity index (χ1v) is 9.41. The Morgan fingerprint density at radius 2 is 1.85 bits per heavy atom. The van der Waals surface area contributed by atoms with Crippen LogP contribution in [-0.4, -0.2) is 49.3 Å². The minimum atomic E-state index is -0.646. The molecule has 1 aliphatic carbocycles. The minimum Gasteiger partial charge on any atom is -0.486 e. The highest BCUT2D eigenvalue weighted by molar-refractivity contribution is 6.06. The third-order valence-corrected chi connectivity index (χ3v) is 5.49. The van der Waals surface area contributed by atoms with Gasteiger partial charge in [0.05, 0.1) is 7.05 Å². The number of urea groups is 1. The molecule has 3 aliphatic rings. The summed E-state index contributed by atoms with van der Waals surface area (Å²) in [5.74, 6) is 1.48. The van der Waals surface area contributed by atoms with Gasteiger partial charge in [-0.1, -0.05) is 19.3 Å². The smallest absolute Gasteiger partial charge is 0.329 e. The first-order chi connectivity index (χ1) is 12.6. The lowest BCUT2D eigenvalue weighted by Crippen LogP contribution is -3.09. The van der Waals surface area contributed by atoms with Crippen LogP contribution in [0.4, 0.5) is 4.79 Å². The summed E-state index contributed by atoms with van der Waals surface area (Å²) in [5.41, 5.74) is 0.443. The lowest BCUT2D eigenvalue weighted by molar-refractivity contribution is -0.901. The van der Waals surface area contributed by atoms with Gasteiger partial charge in [0.25, 0.3) is 5.91 Å². The van der Waals surface area contributed by atoms with E-state index in [2.05, 4.69) is 5.32 Å². The number of carbonyl (C=O) groups excluding carboxylic acids is 2. The average Bonchev–Trinajstić information content (AvgIpc) is 2.86. The molecule has 3 amide bonds. The summed E-state index contributed by atoms with van der Waals surface area (Å²) in [5, 5.41) is 2.97. The fourth-order valence-corrected chi connectivity index (χ4v) is 4.19. The molecule has 1 aromatic carbocycles. The van der Waals surface area contributed by atoms with Gasteiger partial charge in [-0.05, 0) is 31.0 Å². The second-order valence-corrected chi connectivity index (χ2v) is 7.58. The average molecular weight is 360 g/mol. The number of imide groups is 1. The number of amides is 3. The van der Waals surface area contributed by atoms with Crippen LogP contribution in [0.1, 0.15) is 37.7 Å². The number of hydrogen-bond donors (Lipinski definition) is 2. The van der Waals surface area contributed by atoms with E-state index in [1.165, 1.54) is 4.90 Å². The summed E-state index contributed by atoms with van der Waals surface area (Å²) in [6.07, 6.45) is 4.66. The predicted octanol–water partition coefficient (Wildman–Crippen LogP) is 0.685. The largest absolute Gasteiger partial charge is 0.486 e. The summed E-state index contributed by atoms with van der Waals surface area (Å²) < 4.78 is 11.2. The number of hydrogen-bond acceptors (Lipinski definition) is 4. The van der Waals surface area contributed by atoms with Crippen LogP contribution in [0.15, 0.2) is 18.2 Å². The van der Waals surface area contributed by atoms with Crippen LogP contribution in [0.5, 0.6) is 11.5 Å². The van der Waals surface area contributed by atoms with Crippen LogP contribution in [0, 0.1) is 0 Å². The lowest BCUT2D eigenvalue weighted by atomic mass is 9.82. The number of quaternary nitrogens is 1. The van der Waals surface area contributed by atoms with Crippen LogP contribution >= 0.6 is 0 Å². The van der Waals surface area contributed by atoms with Crippen molar-refractivity contribution >= 4 is 11.9 Å². The Bertz CT molecular complexity index is 715. The zero-order valence-electron chi connectivity index (χ0n) is 15.2. The Kier molecular flexibility index (Phi) is 4.48. The normalized spacial score (nSPS) is 22.4. The third-order valence-electron chi connectivity index (χ3n) is 5.49. The number of carbonyl (C=O) groups is 2. The molecule has 0 bridgehead atoms. The van der Waals surface area contributed by atoms with Gasteiger partial charge >= 0.3 is 6.03 Å². The van der Waals surface area contributed by atoms with E-state index in [0.717, 1.165) is 54.1 Å². The maximum absolute atomic E-state index is 12.9. The zero-order chi connectivity index (χ0) is 18.1. The number of rotatable bonds is 4. The van der Waals surface area contributed by atoms with Crippen molar-refractivity contribution in [3.05, 3.63) is 23.8 Å². The fourth-order valence-electron chi connectivity index (χ4n) is 4.19. The van der Waals surface area contributed by atoms with Crippen LogP contribution in [0.2, 0.25) is 0 Å². The van der Waals surface area contributed by atoms with Crippen LogP contribution in [0.3, 0.4) is 0 Å². The highest BCUT2D eigenvalue weighted by Crippen LogP contribution is 2.33. The number of nitrogens with one attached hydrogen (secondary N) is 2. The molecule has 2 fully saturated rings. The van der Waals surface area contributed by atoms with E-state index >= 15 is 0 Å². The molecule has 4 rings (SSSR count).